The van der Waals surface area contributed by atoms with E-state index in [1.807, 2.05) is 12.1 Å². The average Bonchev–Trinajstić information content (AvgIpc) is 3.47. The fourth-order valence-corrected chi connectivity index (χ4v) is 6.12. The maximum Gasteiger partial charge on any atom is 0.243 e. The van der Waals surface area contributed by atoms with Crippen LogP contribution in [0.25, 0.3) is 0 Å². The zero-order valence-electron chi connectivity index (χ0n) is 17.6. The Balaban J connectivity index is 1.29. The zero-order chi connectivity index (χ0) is 20.6. The predicted octanol–water partition coefficient (Wildman–Crippen LogP) is 2.17. The number of amides is 1. The van der Waals surface area contributed by atoms with Crippen LogP contribution in [0.15, 0.2) is 23.1 Å². The van der Waals surface area contributed by atoms with E-state index in [0.717, 1.165) is 19.3 Å². The summed E-state index contributed by atoms with van der Waals surface area (Å²) in [7, 11) is -1.36. The van der Waals surface area contributed by atoms with Crippen molar-refractivity contribution in [3.8, 4) is 0 Å². The van der Waals surface area contributed by atoms with Gasteiger partial charge in [-0.05, 0) is 82.2 Å². The average molecular weight is 420 g/mol. The van der Waals surface area contributed by atoms with E-state index < -0.39 is 10.0 Å². The number of carbonyl (C=O) groups is 1. The first-order valence-electron chi connectivity index (χ1n) is 11.0. The second kappa shape index (κ2) is 8.36. The molecule has 2 fully saturated rings. The molecular weight excluding hydrogens is 386 g/mol. The highest BCUT2D eigenvalue weighted by Crippen LogP contribution is 2.29. The van der Waals surface area contributed by atoms with Gasteiger partial charge in [-0.25, -0.2) is 8.42 Å². The Labute approximate surface area is 174 Å². The largest absolute Gasteiger partial charge is 0.354 e. The molecule has 1 aromatic carbocycles. The number of fused-ring (bicyclic) bond motifs is 1. The summed E-state index contributed by atoms with van der Waals surface area (Å²) in [6.07, 6.45) is 6.80. The molecule has 1 unspecified atom stereocenters. The highest BCUT2D eigenvalue weighted by atomic mass is 32.2. The molecule has 1 heterocycles. The number of piperidine rings is 1. The van der Waals surface area contributed by atoms with Gasteiger partial charge >= 0.3 is 0 Å². The number of hydrogen-bond donors (Lipinski definition) is 1. The predicted molar refractivity (Wildman–Crippen MR) is 113 cm³/mol. The number of nitrogens with zero attached hydrogens (tertiary/aromatic N) is 2. The van der Waals surface area contributed by atoms with Gasteiger partial charge in [0.25, 0.3) is 0 Å². The van der Waals surface area contributed by atoms with Crippen molar-refractivity contribution < 1.29 is 13.2 Å². The Morgan fingerprint density at radius 3 is 2.55 bits per heavy atom. The highest BCUT2D eigenvalue weighted by Gasteiger charge is 2.33. The summed E-state index contributed by atoms with van der Waals surface area (Å²) in [6.45, 7) is 3.62. The van der Waals surface area contributed by atoms with Gasteiger partial charge in [-0.3, -0.25) is 9.69 Å². The van der Waals surface area contributed by atoms with Crippen LogP contribution in [0.1, 0.15) is 50.2 Å². The number of sulfonamides is 1. The van der Waals surface area contributed by atoms with Gasteiger partial charge in [-0.15, -0.1) is 0 Å². The summed E-state index contributed by atoms with van der Waals surface area (Å²) in [4.78, 5) is 15.3. The van der Waals surface area contributed by atoms with Gasteiger partial charge in [0.15, 0.2) is 0 Å². The van der Waals surface area contributed by atoms with Gasteiger partial charge in [0, 0.05) is 37.6 Å². The quantitative estimate of drug-likeness (QED) is 0.735. The van der Waals surface area contributed by atoms with Crippen molar-refractivity contribution in [2.45, 2.75) is 68.8 Å². The molecule has 4 rings (SSSR count). The van der Waals surface area contributed by atoms with E-state index in [1.54, 1.807) is 10.4 Å². The van der Waals surface area contributed by atoms with Gasteiger partial charge in [-0.2, -0.15) is 4.31 Å². The second-order valence-electron chi connectivity index (χ2n) is 8.95. The van der Waals surface area contributed by atoms with Crippen molar-refractivity contribution in [3.63, 3.8) is 0 Å². The molecule has 29 heavy (non-hydrogen) atoms. The van der Waals surface area contributed by atoms with E-state index in [0.29, 0.717) is 49.5 Å². The third-order valence-corrected chi connectivity index (χ3v) is 8.82. The summed E-state index contributed by atoms with van der Waals surface area (Å²) >= 11 is 0. The maximum atomic E-state index is 13.0. The molecule has 160 valence electrons. The van der Waals surface area contributed by atoms with Crippen LogP contribution in [-0.2, 0) is 27.7 Å². The van der Waals surface area contributed by atoms with E-state index in [2.05, 4.69) is 24.2 Å². The number of carbonyl (C=O) groups excluding carboxylic acids is 1. The molecule has 6 nitrogen and oxygen atoms in total. The fourth-order valence-electron chi connectivity index (χ4n) is 4.59. The van der Waals surface area contributed by atoms with E-state index in [9.17, 15) is 13.2 Å². The summed E-state index contributed by atoms with van der Waals surface area (Å²) in [6, 6.07) is 6.57. The molecule has 0 radical (unpaired) electrons. The van der Waals surface area contributed by atoms with E-state index in [-0.39, 0.29) is 11.8 Å². The standard InChI is InChI=1S/C22H33N3O3S/c1-16(24(2)20-7-8-20)15-23-22(26)18-10-12-25(13-11-18)29(27,28)21-9-6-17-4-3-5-19(17)14-21/h6,9,14,16,18,20H,3-5,7-8,10-13,15H2,1-2H3,(H,23,26). The van der Waals surface area contributed by atoms with Crippen molar-refractivity contribution >= 4 is 15.9 Å². The molecule has 7 heteroatoms. The maximum absolute atomic E-state index is 13.0. The Morgan fingerprint density at radius 2 is 1.86 bits per heavy atom. The fraction of sp³-hybridized carbons (Fsp3) is 0.682. The Kier molecular flexibility index (Phi) is 6.00. The lowest BCUT2D eigenvalue weighted by atomic mass is 9.97. The summed E-state index contributed by atoms with van der Waals surface area (Å²) in [5.41, 5.74) is 2.45. The molecule has 1 atom stereocenters. The van der Waals surface area contributed by atoms with Gasteiger partial charge in [-0.1, -0.05) is 6.07 Å². The Bertz CT molecular complexity index is 858. The topological polar surface area (TPSA) is 69.7 Å². The molecule has 1 amide bonds. The number of hydrogen-bond acceptors (Lipinski definition) is 4. The zero-order valence-corrected chi connectivity index (χ0v) is 18.4. The lowest BCUT2D eigenvalue weighted by molar-refractivity contribution is -0.126. The second-order valence-corrected chi connectivity index (χ2v) is 10.9. The molecule has 3 aliphatic rings. The van der Waals surface area contributed by atoms with Crippen molar-refractivity contribution in [1.82, 2.24) is 14.5 Å². The van der Waals surface area contributed by atoms with Crippen molar-refractivity contribution in [2.24, 2.45) is 5.92 Å². The summed E-state index contributed by atoms with van der Waals surface area (Å²) in [5, 5.41) is 3.08. The molecule has 0 bridgehead atoms. The minimum Gasteiger partial charge on any atom is -0.354 e. The minimum atomic E-state index is -3.48. The lowest BCUT2D eigenvalue weighted by Crippen LogP contribution is -2.46. The Morgan fingerprint density at radius 1 is 1.17 bits per heavy atom. The van der Waals surface area contributed by atoms with Gasteiger partial charge in [0.1, 0.15) is 0 Å². The number of rotatable bonds is 7. The number of likely N-dealkylation sites (N-methyl/N-ethyl adjacent to an activating group) is 1. The van der Waals surface area contributed by atoms with Crippen molar-refractivity contribution in [3.05, 3.63) is 29.3 Å². The van der Waals surface area contributed by atoms with Crippen molar-refractivity contribution in [2.75, 3.05) is 26.7 Å². The first-order chi connectivity index (χ1) is 13.9. The van der Waals surface area contributed by atoms with E-state index in [1.165, 1.54) is 24.0 Å². The van der Waals surface area contributed by atoms with Gasteiger partial charge < -0.3 is 5.32 Å². The van der Waals surface area contributed by atoms with Crippen LogP contribution in [-0.4, -0.2) is 62.3 Å². The van der Waals surface area contributed by atoms with Crippen LogP contribution in [0, 0.1) is 5.92 Å². The molecule has 1 N–H and O–H groups in total. The van der Waals surface area contributed by atoms with Crippen LogP contribution in [0.4, 0.5) is 0 Å². The molecule has 1 saturated heterocycles. The smallest absolute Gasteiger partial charge is 0.243 e. The molecule has 1 aliphatic heterocycles. The highest BCUT2D eigenvalue weighted by molar-refractivity contribution is 7.89. The molecular formula is C22H33N3O3S. The first-order valence-corrected chi connectivity index (χ1v) is 12.4. The SMILES string of the molecule is CC(CNC(=O)C1CCN(S(=O)(=O)c2ccc3c(c2)CCC3)CC1)N(C)C1CC1. The third kappa shape index (κ3) is 4.52. The Hall–Kier alpha value is -1.44. The van der Waals surface area contributed by atoms with Crippen LogP contribution >= 0.6 is 0 Å². The number of aryl methyl sites for hydroxylation is 2. The summed E-state index contributed by atoms with van der Waals surface area (Å²) in [5.74, 6) is -0.0319. The monoisotopic (exact) mass is 419 g/mol. The molecule has 1 saturated carbocycles. The van der Waals surface area contributed by atoms with Gasteiger partial charge in [0.05, 0.1) is 4.90 Å². The van der Waals surface area contributed by atoms with Crippen LogP contribution < -0.4 is 5.32 Å². The first kappa shape index (κ1) is 20.8. The molecule has 1 aromatic rings. The van der Waals surface area contributed by atoms with Gasteiger partial charge in [0.2, 0.25) is 15.9 Å². The number of nitrogens with one attached hydrogen (secondary N) is 1. The molecule has 0 aromatic heterocycles. The molecule has 0 spiro atoms. The van der Waals surface area contributed by atoms with E-state index in [4.69, 9.17) is 0 Å². The van der Waals surface area contributed by atoms with Crippen LogP contribution in [0.2, 0.25) is 0 Å². The third-order valence-electron chi connectivity index (χ3n) is 6.92. The van der Waals surface area contributed by atoms with E-state index >= 15 is 0 Å². The minimum absolute atomic E-state index is 0.0654. The lowest BCUT2D eigenvalue weighted by Gasteiger charge is -2.31. The molecule has 2 aliphatic carbocycles. The normalized spacial score (nSPS) is 21.9. The van der Waals surface area contributed by atoms with Crippen molar-refractivity contribution in [1.29, 1.82) is 0 Å². The summed E-state index contributed by atoms with van der Waals surface area (Å²) < 4.78 is 27.6. The number of benzene rings is 1. The van der Waals surface area contributed by atoms with Crippen LogP contribution in [0.3, 0.4) is 0 Å². The van der Waals surface area contributed by atoms with Crippen LogP contribution in [0.5, 0.6) is 0 Å².